The first-order chi connectivity index (χ1) is 26.8. The molecule has 0 bridgehead atoms. The fourth-order valence-corrected chi connectivity index (χ4v) is 7.25. The van der Waals surface area contributed by atoms with E-state index in [1.54, 1.807) is 0 Å². The Hall–Kier alpha value is -2.22. The van der Waals surface area contributed by atoms with Gasteiger partial charge >= 0.3 is 37.9 Å². The van der Waals surface area contributed by atoms with Crippen LogP contribution >= 0.6 is 17.0 Å². The monoisotopic (exact) mass is 908 g/mol. The summed E-state index contributed by atoms with van der Waals surface area (Å²) in [5.41, 5.74) is 17.2. The van der Waals surface area contributed by atoms with Crippen LogP contribution < -0.4 is 0 Å². The molecule has 0 aliphatic rings. The number of halogens is 2. The first-order valence-electron chi connectivity index (χ1n) is 21.1. The van der Waals surface area contributed by atoms with Gasteiger partial charge in [0.15, 0.2) is 0 Å². The third-order valence-corrected chi connectivity index (χ3v) is 10.8. The van der Waals surface area contributed by atoms with Crippen molar-refractivity contribution in [3.05, 3.63) is 129 Å². The van der Waals surface area contributed by atoms with Gasteiger partial charge in [-0.1, -0.05) is 195 Å². The second-order valence-electron chi connectivity index (χ2n) is 20.2. The molecule has 0 nitrogen and oxygen atoms in total. The molecule has 6 aromatic rings. The Morgan fingerprint density at radius 2 is 0.724 bits per heavy atom. The quantitative estimate of drug-likeness (QED) is 0.122. The SMILES string of the molecule is CCc1cc(-c2cc(C(C)(C)C)cc(C(C)(C)C)c2)c2cc(C)[cH-]c2c1.CCc1cc(-c2cc(C(C)(C)C)cc(C(C)(C)C)c2)c2cc(C)[cH-]c2c1.C[Si]C.[Cl][Zr+2][Cl]. The molecule has 6 aromatic carbocycles. The summed E-state index contributed by atoms with van der Waals surface area (Å²) < 4.78 is 0. The van der Waals surface area contributed by atoms with Gasteiger partial charge in [-0.3, -0.25) is 0 Å². The summed E-state index contributed by atoms with van der Waals surface area (Å²) in [7, 11) is 11.0. The molecule has 0 aliphatic carbocycles. The molecule has 0 atom stereocenters. The summed E-state index contributed by atoms with van der Waals surface area (Å²) in [4.78, 5) is 0. The first-order valence-corrected chi connectivity index (χ1v) is 29.4. The molecule has 0 fully saturated rings. The Morgan fingerprint density at radius 3 is 0.948 bits per heavy atom. The van der Waals surface area contributed by atoms with Gasteiger partial charge in [0, 0.05) is 9.52 Å². The minimum atomic E-state index is -0.826. The molecule has 0 saturated heterocycles. The molecule has 2 radical (unpaired) electrons. The van der Waals surface area contributed by atoms with Crippen molar-refractivity contribution in [2.45, 2.75) is 158 Å². The van der Waals surface area contributed by atoms with E-state index in [1.165, 1.54) is 88.3 Å². The Labute approximate surface area is 376 Å². The van der Waals surface area contributed by atoms with Crippen molar-refractivity contribution in [1.29, 1.82) is 0 Å². The summed E-state index contributed by atoms with van der Waals surface area (Å²) in [6.45, 7) is 40.9. The van der Waals surface area contributed by atoms with Gasteiger partial charge in [-0.2, -0.15) is 12.1 Å². The number of rotatable bonds is 4. The van der Waals surface area contributed by atoms with E-state index < -0.39 is 20.8 Å². The van der Waals surface area contributed by atoms with Crippen LogP contribution in [0.3, 0.4) is 0 Å². The van der Waals surface area contributed by atoms with Crippen LogP contribution in [0.2, 0.25) is 13.1 Å². The van der Waals surface area contributed by atoms with Crippen LogP contribution in [0.25, 0.3) is 43.8 Å². The van der Waals surface area contributed by atoms with Crippen LogP contribution in [0.4, 0.5) is 0 Å². The Morgan fingerprint density at radius 1 is 0.466 bits per heavy atom. The van der Waals surface area contributed by atoms with Gasteiger partial charge in [-0.05, 0) is 67.9 Å². The van der Waals surface area contributed by atoms with Gasteiger partial charge in [-0.15, -0.1) is 56.9 Å². The van der Waals surface area contributed by atoms with Gasteiger partial charge in [0.25, 0.3) is 0 Å². The summed E-state index contributed by atoms with van der Waals surface area (Å²) in [5, 5.41) is 5.50. The van der Waals surface area contributed by atoms with Crippen molar-refractivity contribution in [3.8, 4) is 22.3 Å². The number of benzene rings is 4. The van der Waals surface area contributed by atoms with Gasteiger partial charge in [0.05, 0.1) is 0 Å². The molecule has 58 heavy (non-hydrogen) atoms. The fraction of sp³-hybridized carbons (Fsp3) is 0.444. The predicted octanol–water partition coefficient (Wildman–Crippen LogP) is 17.5. The van der Waals surface area contributed by atoms with E-state index in [-0.39, 0.29) is 21.7 Å². The number of aryl methyl sites for hydroxylation is 4. The molecule has 0 amide bonds. The molecule has 310 valence electrons. The average Bonchev–Trinajstić information content (AvgIpc) is 3.70. The van der Waals surface area contributed by atoms with Crippen molar-refractivity contribution >= 4 is 48.1 Å². The molecule has 0 heterocycles. The Kier molecular flexibility index (Phi) is 17.8. The van der Waals surface area contributed by atoms with E-state index in [9.17, 15) is 0 Å². The van der Waals surface area contributed by atoms with Gasteiger partial charge in [0.2, 0.25) is 0 Å². The molecule has 4 heteroatoms. The van der Waals surface area contributed by atoms with Crippen molar-refractivity contribution in [1.82, 2.24) is 0 Å². The Balaban J connectivity index is 0.000000273. The van der Waals surface area contributed by atoms with Crippen molar-refractivity contribution < 1.29 is 20.8 Å². The van der Waals surface area contributed by atoms with E-state index in [4.69, 9.17) is 17.0 Å². The maximum atomic E-state index is 4.93. The normalized spacial score (nSPS) is 11.9. The fourth-order valence-electron chi connectivity index (χ4n) is 7.25. The van der Waals surface area contributed by atoms with Crippen molar-refractivity contribution in [3.63, 3.8) is 0 Å². The summed E-state index contributed by atoms with van der Waals surface area (Å²) in [6, 6.07) is 33.2. The van der Waals surface area contributed by atoms with E-state index in [2.05, 4.69) is 209 Å². The summed E-state index contributed by atoms with van der Waals surface area (Å²) >= 11 is -0.826. The Bertz CT molecular complexity index is 2030. The predicted molar refractivity (Wildman–Crippen MR) is 262 cm³/mol. The van der Waals surface area contributed by atoms with Crippen molar-refractivity contribution in [2.24, 2.45) is 0 Å². The second kappa shape index (κ2) is 20.6. The van der Waals surface area contributed by atoms with Crippen LogP contribution in [-0.4, -0.2) is 9.52 Å². The van der Waals surface area contributed by atoms with Gasteiger partial charge in [-0.25, -0.2) is 0 Å². The molecule has 0 unspecified atom stereocenters. The summed E-state index contributed by atoms with van der Waals surface area (Å²) in [5.74, 6) is 0. The molecule has 0 saturated carbocycles. The molecule has 0 spiro atoms. The van der Waals surface area contributed by atoms with E-state index in [0.29, 0.717) is 0 Å². The number of hydrogen-bond donors (Lipinski definition) is 0. The molecule has 0 N–H and O–H groups in total. The maximum absolute atomic E-state index is 4.93. The molecule has 0 aromatic heterocycles. The number of hydrogen-bond acceptors (Lipinski definition) is 0. The third-order valence-electron chi connectivity index (χ3n) is 10.8. The summed E-state index contributed by atoms with van der Waals surface area (Å²) in [6.07, 6.45) is 2.14. The molecular formula is C54H72Cl2SiZr. The topological polar surface area (TPSA) is 0 Å². The zero-order valence-electron chi connectivity index (χ0n) is 39.3. The molecular weight excluding hydrogens is 839 g/mol. The minimum absolute atomic E-state index is 0.138. The number of fused-ring (bicyclic) bond motifs is 2. The van der Waals surface area contributed by atoms with Gasteiger partial charge in [0.1, 0.15) is 0 Å². The van der Waals surface area contributed by atoms with E-state index in [0.717, 1.165) is 22.4 Å². The van der Waals surface area contributed by atoms with E-state index in [1.807, 2.05) is 0 Å². The zero-order chi connectivity index (χ0) is 44.0. The van der Waals surface area contributed by atoms with Crippen molar-refractivity contribution in [2.75, 3.05) is 0 Å². The molecule has 0 aliphatic heterocycles. The standard InChI is InChI=1S/2C26H33.C2H6Si.2ClH.Zr/c2*1-9-18-12-19-10-17(2)11-23(19)24(13-18)20-14-21(25(3,4)5)16-22(15-20)26(6,7)8;1-3-2;;;/h2*10-16H,9H2,1-8H3;1-2H3;2*1H;/q2*-1;;;;+4/p-2. The van der Waals surface area contributed by atoms with Crippen LogP contribution in [0.1, 0.15) is 141 Å². The van der Waals surface area contributed by atoms with Crippen LogP contribution in [0, 0.1) is 13.8 Å². The van der Waals surface area contributed by atoms with E-state index >= 15 is 0 Å². The average molecular weight is 911 g/mol. The first kappa shape index (κ1) is 50.1. The molecule has 6 rings (SSSR count). The van der Waals surface area contributed by atoms with Crippen LogP contribution in [-0.2, 0) is 55.3 Å². The van der Waals surface area contributed by atoms with Crippen LogP contribution in [0.15, 0.2) is 84.9 Å². The van der Waals surface area contributed by atoms with Gasteiger partial charge < -0.3 is 0 Å². The zero-order valence-corrected chi connectivity index (χ0v) is 44.2. The third kappa shape index (κ3) is 13.4. The second-order valence-corrected chi connectivity index (χ2v) is 25.0. The van der Waals surface area contributed by atoms with Crippen LogP contribution in [0.5, 0.6) is 0 Å².